The Labute approximate surface area is 500 Å². The van der Waals surface area contributed by atoms with Crippen molar-refractivity contribution in [2.75, 3.05) is 0 Å². The van der Waals surface area contributed by atoms with Crippen molar-refractivity contribution in [1.82, 2.24) is 23.7 Å². The summed E-state index contributed by atoms with van der Waals surface area (Å²) in [5, 5.41) is 14.6. The van der Waals surface area contributed by atoms with E-state index in [1.165, 1.54) is 21.5 Å². The molecule has 0 amide bonds. The minimum atomic E-state index is 0.624. The van der Waals surface area contributed by atoms with E-state index in [0.717, 1.165) is 166 Å². The molecule has 0 unspecified atom stereocenters. The number of hydrogen-bond acceptors (Lipinski definition) is 5. The van der Waals surface area contributed by atoms with Crippen molar-refractivity contribution < 1.29 is 13.3 Å². The van der Waals surface area contributed by atoms with Crippen molar-refractivity contribution in [1.29, 1.82) is 0 Å². The highest BCUT2D eigenvalue weighted by atomic mass is 16.3. The van der Waals surface area contributed by atoms with Crippen LogP contribution in [0, 0.1) is 0 Å². The summed E-state index contributed by atoms with van der Waals surface area (Å²) in [6.45, 7) is 0. The standard InChI is InChI=1S/C80H45N5O3/c1-7-28-67-53(22-1)59-40-62-56-25-4-10-31-73(56)86-76(62)43-70(59)83(67)50-19-13-16-46(36-50)47-34-35-66-65(39-47)79(48-17-14-20-51(37-48)84-68-29-8-2-23-54(68)60-41-63-57-26-5-11-32-74(57)87-77(63)44-71(60)84)82-80(81-66)49-18-15-21-52(38-49)85-69-30-9-3-24-55(69)61-42-64-58-27-6-12-33-75(58)88-78(64)45-72(61)85/h1-45H. The second-order valence-corrected chi connectivity index (χ2v) is 23.2. The predicted octanol–water partition coefficient (Wildman–Crippen LogP) is 21.6. The normalized spacial score (nSPS) is 12.3. The first kappa shape index (κ1) is 47.4. The molecule has 0 fully saturated rings. The van der Waals surface area contributed by atoms with Crippen LogP contribution in [0.25, 0.3) is 193 Å². The molecule has 0 atom stereocenters. The average molecular weight is 1120 g/mol. The second-order valence-electron chi connectivity index (χ2n) is 23.2. The Morgan fingerprint density at radius 1 is 0.216 bits per heavy atom. The first-order valence-electron chi connectivity index (χ1n) is 29.8. The Morgan fingerprint density at radius 2 is 0.591 bits per heavy atom. The summed E-state index contributed by atoms with van der Waals surface area (Å²) in [6.07, 6.45) is 0. The van der Waals surface area contributed by atoms with Crippen molar-refractivity contribution in [3.05, 3.63) is 273 Å². The van der Waals surface area contributed by atoms with E-state index >= 15 is 0 Å². The maximum atomic E-state index is 6.54. The van der Waals surface area contributed by atoms with E-state index in [2.05, 4.69) is 250 Å². The van der Waals surface area contributed by atoms with Crippen LogP contribution in [-0.2, 0) is 0 Å². The van der Waals surface area contributed by atoms with Crippen LogP contribution in [0.4, 0.5) is 0 Å². The van der Waals surface area contributed by atoms with Gasteiger partial charge < -0.3 is 27.0 Å². The van der Waals surface area contributed by atoms with E-state index in [4.69, 9.17) is 23.2 Å². The number of furan rings is 3. The molecule has 0 bridgehead atoms. The number of aromatic nitrogens is 5. The number of fused-ring (bicyclic) bond motifs is 19. The number of benzene rings is 13. The van der Waals surface area contributed by atoms with Crippen LogP contribution >= 0.6 is 0 Å². The van der Waals surface area contributed by atoms with Gasteiger partial charge >= 0.3 is 0 Å². The lowest BCUT2D eigenvalue weighted by Crippen LogP contribution is -1.99. The summed E-state index contributed by atoms with van der Waals surface area (Å²) in [4.78, 5) is 11.2. The van der Waals surface area contributed by atoms with Gasteiger partial charge in [0, 0.05) is 116 Å². The van der Waals surface area contributed by atoms with Gasteiger partial charge in [0.15, 0.2) is 5.82 Å². The molecular formula is C80H45N5O3. The highest BCUT2D eigenvalue weighted by molar-refractivity contribution is 6.20. The van der Waals surface area contributed by atoms with E-state index in [-0.39, 0.29) is 0 Å². The molecule has 7 aromatic heterocycles. The van der Waals surface area contributed by atoms with Crippen LogP contribution in [0.2, 0.25) is 0 Å². The summed E-state index contributed by atoms with van der Waals surface area (Å²) >= 11 is 0. The van der Waals surface area contributed by atoms with Gasteiger partial charge in [-0.2, -0.15) is 0 Å². The quantitative estimate of drug-likeness (QED) is 0.166. The molecule has 8 nitrogen and oxygen atoms in total. The first-order chi connectivity index (χ1) is 43.6. The third kappa shape index (κ3) is 6.79. The van der Waals surface area contributed by atoms with Crippen molar-refractivity contribution >= 4 is 142 Å². The van der Waals surface area contributed by atoms with Gasteiger partial charge in [0.2, 0.25) is 0 Å². The lowest BCUT2D eigenvalue weighted by Gasteiger charge is -2.15. The molecule has 13 aromatic carbocycles. The van der Waals surface area contributed by atoms with Gasteiger partial charge in [-0.25, -0.2) is 9.97 Å². The summed E-state index contributed by atoms with van der Waals surface area (Å²) in [6, 6.07) is 97.3. The zero-order valence-corrected chi connectivity index (χ0v) is 46.9. The molecule has 408 valence electrons. The van der Waals surface area contributed by atoms with Gasteiger partial charge in [-0.05, 0) is 114 Å². The summed E-state index contributed by atoms with van der Waals surface area (Å²) < 4.78 is 26.6. The fourth-order valence-electron chi connectivity index (χ4n) is 14.5. The Hall–Kier alpha value is -12.0. The Balaban J connectivity index is 0.780. The molecule has 0 saturated heterocycles. The zero-order valence-electron chi connectivity index (χ0n) is 46.9. The van der Waals surface area contributed by atoms with E-state index < -0.39 is 0 Å². The summed E-state index contributed by atoms with van der Waals surface area (Å²) in [5.74, 6) is 0.624. The lowest BCUT2D eigenvalue weighted by atomic mass is 9.99. The van der Waals surface area contributed by atoms with Gasteiger partial charge in [-0.15, -0.1) is 0 Å². The smallest absolute Gasteiger partial charge is 0.160 e. The fourth-order valence-corrected chi connectivity index (χ4v) is 14.5. The zero-order chi connectivity index (χ0) is 57.3. The van der Waals surface area contributed by atoms with Gasteiger partial charge in [0.1, 0.15) is 33.5 Å². The van der Waals surface area contributed by atoms with Crippen LogP contribution in [0.15, 0.2) is 286 Å². The highest BCUT2D eigenvalue weighted by Gasteiger charge is 2.23. The maximum absolute atomic E-state index is 6.54. The highest BCUT2D eigenvalue weighted by Crippen LogP contribution is 2.44. The van der Waals surface area contributed by atoms with Gasteiger partial charge in [0.05, 0.1) is 44.3 Å². The van der Waals surface area contributed by atoms with Crippen molar-refractivity contribution in [3.63, 3.8) is 0 Å². The molecule has 20 rings (SSSR count). The maximum Gasteiger partial charge on any atom is 0.160 e. The molecule has 88 heavy (non-hydrogen) atoms. The lowest BCUT2D eigenvalue weighted by molar-refractivity contribution is 0.669. The molecular weight excluding hydrogens is 1080 g/mol. The van der Waals surface area contributed by atoms with E-state index in [1.807, 2.05) is 36.4 Å². The van der Waals surface area contributed by atoms with E-state index in [0.29, 0.717) is 5.82 Å². The largest absolute Gasteiger partial charge is 0.456 e. The number of rotatable bonds is 6. The number of para-hydroxylation sites is 6. The second kappa shape index (κ2) is 17.8. The van der Waals surface area contributed by atoms with Crippen molar-refractivity contribution in [3.8, 4) is 50.8 Å². The molecule has 0 radical (unpaired) electrons. The van der Waals surface area contributed by atoms with Gasteiger partial charge in [0.25, 0.3) is 0 Å². The summed E-state index contributed by atoms with van der Waals surface area (Å²) in [7, 11) is 0. The topological polar surface area (TPSA) is 80.0 Å². The fraction of sp³-hybridized carbons (Fsp3) is 0. The van der Waals surface area contributed by atoms with Crippen molar-refractivity contribution in [2.24, 2.45) is 0 Å². The number of hydrogen-bond donors (Lipinski definition) is 0. The molecule has 0 aliphatic rings. The third-order valence-corrected chi connectivity index (χ3v) is 18.4. The van der Waals surface area contributed by atoms with Crippen LogP contribution in [0.1, 0.15) is 0 Å². The molecule has 0 aliphatic heterocycles. The Bertz CT molecular complexity index is 6400. The molecule has 0 spiro atoms. The minimum absolute atomic E-state index is 0.624. The minimum Gasteiger partial charge on any atom is -0.456 e. The van der Waals surface area contributed by atoms with Crippen molar-refractivity contribution in [2.45, 2.75) is 0 Å². The van der Waals surface area contributed by atoms with Crippen LogP contribution < -0.4 is 0 Å². The molecule has 20 aromatic rings. The average Bonchev–Trinajstić information content (AvgIpc) is 1.79. The predicted molar refractivity (Wildman–Crippen MR) is 361 cm³/mol. The SMILES string of the molecule is c1cc(-c2ccc3nc(-c4cccc(-n5c6ccccc6c6cc7c(cc65)oc5ccccc57)c4)nc(-c4cccc(-n5c6ccccc6c6cc7c(cc65)oc5ccccc57)c4)c3c2)cc(-n2c3ccccc3c3cc4c(cc32)oc2ccccc24)c1. The Kier molecular flexibility index (Phi) is 9.57. The number of nitrogens with zero attached hydrogens (tertiary/aromatic N) is 5. The molecule has 0 saturated carbocycles. The Morgan fingerprint density at radius 3 is 1.06 bits per heavy atom. The molecule has 8 heteroatoms. The van der Waals surface area contributed by atoms with Crippen LogP contribution in [0.3, 0.4) is 0 Å². The van der Waals surface area contributed by atoms with E-state index in [9.17, 15) is 0 Å². The van der Waals surface area contributed by atoms with Gasteiger partial charge in [-0.1, -0.05) is 152 Å². The molecule has 0 N–H and O–H groups in total. The molecule has 0 aliphatic carbocycles. The third-order valence-electron chi connectivity index (χ3n) is 18.4. The summed E-state index contributed by atoms with van der Waals surface area (Å²) in [5.41, 5.74) is 20.5. The monoisotopic (exact) mass is 1120 g/mol. The van der Waals surface area contributed by atoms with Crippen LogP contribution in [0.5, 0.6) is 0 Å². The molecule has 7 heterocycles. The first-order valence-corrected chi connectivity index (χ1v) is 29.8. The van der Waals surface area contributed by atoms with E-state index in [1.54, 1.807) is 0 Å². The van der Waals surface area contributed by atoms with Gasteiger partial charge in [-0.3, -0.25) is 0 Å². The van der Waals surface area contributed by atoms with Crippen LogP contribution in [-0.4, -0.2) is 23.7 Å².